The molecule has 1 aliphatic heterocycles. The smallest absolute Gasteiger partial charge is 0.228 e. The van der Waals surface area contributed by atoms with E-state index in [-0.39, 0.29) is 16.8 Å². The monoisotopic (exact) mass is 270 g/mol. The van der Waals surface area contributed by atoms with E-state index in [1.165, 1.54) is 18.2 Å². The van der Waals surface area contributed by atoms with Gasteiger partial charge in [0.25, 0.3) is 0 Å². The fourth-order valence-corrected chi connectivity index (χ4v) is 2.38. The van der Waals surface area contributed by atoms with E-state index in [1.54, 1.807) is 0 Å². The second-order valence-corrected chi connectivity index (χ2v) is 5.13. The van der Waals surface area contributed by atoms with Crippen molar-refractivity contribution in [3.05, 3.63) is 29.0 Å². The van der Waals surface area contributed by atoms with Gasteiger partial charge in [-0.1, -0.05) is 11.6 Å². The average Bonchev–Trinajstić information content (AvgIpc) is 2.34. The van der Waals surface area contributed by atoms with E-state index in [0.717, 1.165) is 25.9 Å². The van der Waals surface area contributed by atoms with Crippen molar-refractivity contribution in [2.45, 2.75) is 12.8 Å². The zero-order valence-electron chi connectivity index (χ0n) is 10.2. The van der Waals surface area contributed by atoms with Gasteiger partial charge in [0, 0.05) is 12.2 Å². The van der Waals surface area contributed by atoms with E-state index in [4.69, 9.17) is 11.6 Å². The quantitative estimate of drug-likeness (QED) is 0.896. The van der Waals surface area contributed by atoms with Crippen LogP contribution in [0, 0.1) is 11.7 Å². The molecule has 1 atom stereocenters. The number of nitrogens with one attached hydrogen (secondary N) is 1. The molecule has 3 nitrogen and oxygen atoms in total. The summed E-state index contributed by atoms with van der Waals surface area (Å²) in [6, 6.07) is 4.21. The molecule has 18 heavy (non-hydrogen) atoms. The number of hydrogen-bond acceptors (Lipinski definition) is 2. The largest absolute Gasteiger partial charge is 0.326 e. The van der Waals surface area contributed by atoms with Crippen LogP contribution in [0.3, 0.4) is 0 Å². The third kappa shape index (κ3) is 3.21. The lowest BCUT2D eigenvalue weighted by atomic mass is 9.97. The number of rotatable bonds is 2. The Labute approximate surface area is 111 Å². The van der Waals surface area contributed by atoms with Crippen LogP contribution >= 0.6 is 11.6 Å². The minimum absolute atomic E-state index is 0.00687. The van der Waals surface area contributed by atoms with E-state index < -0.39 is 5.82 Å². The van der Waals surface area contributed by atoms with Crippen molar-refractivity contribution in [2.24, 2.45) is 5.92 Å². The molecule has 0 saturated carbocycles. The van der Waals surface area contributed by atoms with Crippen LogP contribution in [0.2, 0.25) is 5.02 Å². The molecule has 1 aromatic carbocycles. The van der Waals surface area contributed by atoms with Gasteiger partial charge in [-0.15, -0.1) is 0 Å². The predicted octanol–water partition coefficient (Wildman–Crippen LogP) is 2.76. The number of piperidine rings is 1. The standard InChI is InChI=1S/C13H16ClFN2O/c1-17-6-2-3-9(8-17)13(18)16-10-4-5-12(15)11(14)7-10/h4-5,7,9H,2-3,6,8H2,1H3,(H,16,18). The molecular formula is C13H16ClFN2O. The number of hydrogen-bond donors (Lipinski definition) is 1. The number of nitrogens with zero attached hydrogens (tertiary/aromatic N) is 1. The molecule has 0 radical (unpaired) electrons. The predicted molar refractivity (Wildman–Crippen MR) is 70.3 cm³/mol. The fraction of sp³-hybridized carbons (Fsp3) is 0.462. The number of halogens is 2. The Morgan fingerprint density at radius 3 is 3.00 bits per heavy atom. The van der Waals surface area contributed by atoms with Crippen LogP contribution in [-0.4, -0.2) is 30.9 Å². The van der Waals surface area contributed by atoms with E-state index in [2.05, 4.69) is 10.2 Å². The second kappa shape index (κ2) is 5.67. The van der Waals surface area contributed by atoms with Crippen molar-refractivity contribution in [3.8, 4) is 0 Å². The first-order valence-electron chi connectivity index (χ1n) is 6.00. The van der Waals surface area contributed by atoms with Gasteiger partial charge in [0.05, 0.1) is 10.9 Å². The first kappa shape index (κ1) is 13.3. The molecule has 1 saturated heterocycles. The molecule has 1 N–H and O–H groups in total. The number of likely N-dealkylation sites (tertiary alicyclic amines) is 1. The lowest BCUT2D eigenvalue weighted by Crippen LogP contribution is -2.38. The Balaban J connectivity index is 2.00. The molecule has 1 unspecified atom stereocenters. The summed E-state index contributed by atoms with van der Waals surface area (Å²) < 4.78 is 13.0. The van der Waals surface area contributed by atoms with Gasteiger partial charge >= 0.3 is 0 Å². The van der Waals surface area contributed by atoms with Gasteiger partial charge in [0.15, 0.2) is 0 Å². The van der Waals surface area contributed by atoms with Crippen molar-refractivity contribution in [1.29, 1.82) is 0 Å². The van der Waals surface area contributed by atoms with E-state index in [0.29, 0.717) is 5.69 Å². The number of anilines is 1. The molecule has 1 heterocycles. The van der Waals surface area contributed by atoms with Crippen molar-refractivity contribution >= 4 is 23.2 Å². The highest BCUT2D eigenvalue weighted by Gasteiger charge is 2.23. The minimum atomic E-state index is -0.480. The van der Waals surface area contributed by atoms with Gasteiger partial charge in [-0.05, 0) is 44.6 Å². The molecular weight excluding hydrogens is 255 g/mol. The van der Waals surface area contributed by atoms with E-state index >= 15 is 0 Å². The average molecular weight is 271 g/mol. The first-order chi connectivity index (χ1) is 8.56. The number of benzene rings is 1. The summed E-state index contributed by atoms with van der Waals surface area (Å²) in [4.78, 5) is 14.2. The third-order valence-electron chi connectivity index (χ3n) is 3.18. The summed E-state index contributed by atoms with van der Waals surface area (Å²) in [6.07, 6.45) is 1.92. The van der Waals surface area contributed by atoms with Crippen molar-refractivity contribution in [2.75, 3.05) is 25.5 Å². The van der Waals surface area contributed by atoms with Gasteiger partial charge in [0.2, 0.25) is 5.91 Å². The maximum atomic E-state index is 13.0. The highest BCUT2D eigenvalue weighted by atomic mass is 35.5. The highest BCUT2D eigenvalue weighted by Crippen LogP contribution is 2.21. The fourth-order valence-electron chi connectivity index (χ4n) is 2.20. The zero-order valence-corrected chi connectivity index (χ0v) is 11.0. The van der Waals surface area contributed by atoms with Crippen molar-refractivity contribution in [3.63, 3.8) is 0 Å². The number of carbonyl (C=O) groups excluding carboxylic acids is 1. The van der Waals surface area contributed by atoms with Crippen LogP contribution in [-0.2, 0) is 4.79 Å². The Kier molecular flexibility index (Phi) is 4.19. The Bertz CT molecular complexity index is 453. The van der Waals surface area contributed by atoms with Gasteiger partial charge in [0.1, 0.15) is 5.82 Å². The summed E-state index contributed by atoms with van der Waals surface area (Å²) in [6.45, 7) is 1.80. The lowest BCUT2D eigenvalue weighted by molar-refractivity contribution is -0.121. The minimum Gasteiger partial charge on any atom is -0.326 e. The first-order valence-corrected chi connectivity index (χ1v) is 6.38. The van der Waals surface area contributed by atoms with Crippen LogP contribution in [0.25, 0.3) is 0 Å². The molecule has 0 aliphatic carbocycles. The summed E-state index contributed by atoms with van der Waals surface area (Å²) in [7, 11) is 2.01. The molecule has 1 aliphatic rings. The molecule has 1 amide bonds. The van der Waals surface area contributed by atoms with Crippen LogP contribution in [0.1, 0.15) is 12.8 Å². The van der Waals surface area contributed by atoms with Gasteiger partial charge < -0.3 is 10.2 Å². The molecule has 5 heteroatoms. The van der Waals surface area contributed by atoms with Crippen LogP contribution in [0.15, 0.2) is 18.2 Å². The Morgan fingerprint density at radius 2 is 2.33 bits per heavy atom. The van der Waals surface area contributed by atoms with E-state index in [9.17, 15) is 9.18 Å². The molecule has 98 valence electrons. The summed E-state index contributed by atoms with van der Waals surface area (Å²) in [5.41, 5.74) is 0.541. The van der Waals surface area contributed by atoms with Gasteiger partial charge in [-0.3, -0.25) is 4.79 Å². The molecule has 0 bridgehead atoms. The SMILES string of the molecule is CN1CCCC(C(=O)Nc2ccc(F)c(Cl)c2)C1. The maximum absolute atomic E-state index is 13.0. The molecule has 0 spiro atoms. The van der Waals surface area contributed by atoms with Gasteiger partial charge in [-0.25, -0.2) is 4.39 Å². The number of carbonyl (C=O) groups is 1. The van der Waals surface area contributed by atoms with Crippen LogP contribution in [0.4, 0.5) is 10.1 Å². The normalized spacial score (nSPS) is 20.7. The van der Waals surface area contributed by atoms with Crippen molar-refractivity contribution in [1.82, 2.24) is 4.90 Å². The van der Waals surface area contributed by atoms with E-state index in [1.807, 2.05) is 7.05 Å². The highest BCUT2D eigenvalue weighted by molar-refractivity contribution is 6.31. The van der Waals surface area contributed by atoms with Crippen LogP contribution < -0.4 is 5.32 Å². The molecule has 1 aromatic rings. The number of amides is 1. The maximum Gasteiger partial charge on any atom is 0.228 e. The van der Waals surface area contributed by atoms with Crippen molar-refractivity contribution < 1.29 is 9.18 Å². The summed E-state index contributed by atoms with van der Waals surface area (Å²) in [5.74, 6) is -0.510. The second-order valence-electron chi connectivity index (χ2n) is 4.72. The van der Waals surface area contributed by atoms with Crippen LogP contribution in [0.5, 0.6) is 0 Å². The molecule has 0 aromatic heterocycles. The zero-order chi connectivity index (χ0) is 13.1. The lowest BCUT2D eigenvalue weighted by Gasteiger charge is -2.28. The Morgan fingerprint density at radius 1 is 1.56 bits per heavy atom. The molecule has 2 rings (SSSR count). The topological polar surface area (TPSA) is 32.3 Å². The summed E-state index contributed by atoms with van der Waals surface area (Å²) >= 11 is 5.67. The van der Waals surface area contributed by atoms with Gasteiger partial charge in [-0.2, -0.15) is 0 Å². The third-order valence-corrected chi connectivity index (χ3v) is 3.47. The Hall–Kier alpha value is -1.13. The molecule has 1 fully saturated rings. The summed E-state index contributed by atoms with van der Waals surface area (Å²) in [5, 5.41) is 2.81.